The molecule has 0 atom stereocenters. The van der Waals surface area contributed by atoms with Crippen LogP contribution < -0.4 is 5.32 Å². The van der Waals surface area contributed by atoms with E-state index in [9.17, 15) is 0 Å². The monoisotopic (exact) mass is 191 g/mol. The minimum absolute atomic E-state index is 0.858. The SMILES string of the molecule is CCNCc1ccnc(CC2CC2)n1. The van der Waals surface area contributed by atoms with Gasteiger partial charge in [0, 0.05) is 19.2 Å². The molecule has 0 aliphatic heterocycles. The van der Waals surface area contributed by atoms with Crippen LogP contribution in [0.3, 0.4) is 0 Å². The fourth-order valence-corrected chi connectivity index (χ4v) is 1.47. The van der Waals surface area contributed by atoms with Crippen LogP contribution in [0.5, 0.6) is 0 Å². The topological polar surface area (TPSA) is 37.8 Å². The standard InChI is InChI=1S/C11H17N3/c1-2-12-8-10-5-6-13-11(14-10)7-9-3-4-9/h5-6,9,12H,2-4,7-8H2,1H3. The highest BCUT2D eigenvalue weighted by Gasteiger charge is 2.22. The zero-order valence-corrected chi connectivity index (χ0v) is 8.66. The van der Waals surface area contributed by atoms with Crippen LogP contribution in [0.1, 0.15) is 31.3 Å². The Hall–Kier alpha value is -0.960. The first kappa shape index (κ1) is 9.59. The summed E-state index contributed by atoms with van der Waals surface area (Å²) in [5, 5.41) is 3.27. The second-order valence-electron chi connectivity index (χ2n) is 3.89. The molecular weight excluding hydrogens is 174 g/mol. The highest BCUT2D eigenvalue weighted by molar-refractivity contribution is 5.03. The summed E-state index contributed by atoms with van der Waals surface area (Å²) in [6.07, 6.45) is 5.67. The third-order valence-corrected chi connectivity index (χ3v) is 2.49. The van der Waals surface area contributed by atoms with Crippen molar-refractivity contribution in [3.63, 3.8) is 0 Å². The quantitative estimate of drug-likeness (QED) is 0.767. The molecule has 2 rings (SSSR count). The van der Waals surface area contributed by atoms with E-state index < -0.39 is 0 Å². The van der Waals surface area contributed by atoms with Crippen molar-refractivity contribution < 1.29 is 0 Å². The minimum atomic E-state index is 0.858. The van der Waals surface area contributed by atoms with Gasteiger partial charge in [-0.3, -0.25) is 0 Å². The van der Waals surface area contributed by atoms with E-state index in [1.54, 1.807) is 0 Å². The van der Waals surface area contributed by atoms with Crippen molar-refractivity contribution in [2.75, 3.05) is 6.54 Å². The van der Waals surface area contributed by atoms with Crippen molar-refractivity contribution in [1.82, 2.24) is 15.3 Å². The van der Waals surface area contributed by atoms with Crippen LogP contribution >= 0.6 is 0 Å². The zero-order chi connectivity index (χ0) is 9.80. The van der Waals surface area contributed by atoms with Crippen molar-refractivity contribution in [1.29, 1.82) is 0 Å². The molecule has 0 radical (unpaired) electrons. The third-order valence-electron chi connectivity index (χ3n) is 2.49. The fraction of sp³-hybridized carbons (Fsp3) is 0.636. The summed E-state index contributed by atoms with van der Waals surface area (Å²) in [6.45, 7) is 3.95. The molecule has 1 fully saturated rings. The molecular formula is C11H17N3. The summed E-state index contributed by atoms with van der Waals surface area (Å²) in [5.74, 6) is 1.88. The van der Waals surface area contributed by atoms with Gasteiger partial charge < -0.3 is 5.32 Å². The summed E-state index contributed by atoms with van der Waals surface area (Å²) in [5.41, 5.74) is 1.11. The van der Waals surface area contributed by atoms with Crippen molar-refractivity contribution in [2.24, 2.45) is 5.92 Å². The Kier molecular flexibility index (Phi) is 3.09. The summed E-state index contributed by atoms with van der Waals surface area (Å²) in [7, 11) is 0. The average Bonchev–Trinajstić information content (AvgIpc) is 2.99. The Morgan fingerprint density at radius 1 is 1.50 bits per heavy atom. The van der Waals surface area contributed by atoms with Crippen LogP contribution in [-0.4, -0.2) is 16.5 Å². The molecule has 14 heavy (non-hydrogen) atoms. The maximum absolute atomic E-state index is 4.52. The normalized spacial score (nSPS) is 15.8. The highest BCUT2D eigenvalue weighted by Crippen LogP contribution is 2.31. The molecule has 0 amide bonds. The van der Waals surface area contributed by atoms with Crippen LogP contribution in [0.25, 0.3) is 0 Å². The number of nitrogens with zero attached hydrogens (tertiary/aromatic N) is 2. The van der Waals surface area contributed by atoms with Gasteiger partial charge in [0.25, 0.3) is 0 Å². The molecule has 76 valence electrons. The van der Waals surface area contributed by atoms with Crippen molar-refractivity contribution >= 4 is 0 Å². The Balaban J connectivity index is 1.94. The number of hydrogen-bond acceptors (Lipinski definition) is 3. The first-order valence-corrected chi connectivity index (χ1v) is 5.40. The maximum atomic E-state index is 4.52. The van der Waals surface area contributed by atoms with Gasteiger partial charge in [-0.15, -0.1) is 0 Å². The van der Waals surface area contributed by atoms with E-state index in [0.717, 1.165) is 36.9 Å². The van der Waals surface area contributed by atoms with Gasteiger partial charge in [-0.25, -0.2) is 9.97 Å². The van der Waals surface area contributed by atoms with Gasteiger partial charge in [0.2, 0.25) is 0 Å². The maximum Gasteiger partial charge on any atom is 0.128 e. The number of rotatable bonds is 5. The largest absolute Gasteiger partial charge is 0.311 e. The van der Waals surface area contributed by atoms with Crippen molar-refractivity contribution in [3.8, 4) is 0 Å². The Bertz CT molecular complexity index is 294. The van der Waals surface area contributed by atoms with Crippen molar-refractivity contribution in [2.45, 2.75) is 32.7 Å². The lowest BCUT2D eigenvalue weighted by Gasteiger charge is -2.03. The molecule has 0 saturated heterocycles. The predicted molar refractivity (Wildman–Crippen MR) is 55.8 cm³/mol. The molecule has 1 aliphatic carbocycles. The first-order valence-electron chi connectivity index (χ1n) is 5.40. The molecule has 1 saturated carbocycles. The van der Waals surface area contributed by atoms with Gasteiger partial charge in [-0.1, -0.05) is 6.92 Å². The molecule has 1 aromatic heterocycles. The van der Waals surface area contributed by atoms with E-state index in [1.807, 2.05) is 12.3 Å². The van der Waals surface area contributed by atoms with E-state index in [0.29, 0.717) is 0 Å². The molecule has 1 aromatic rings. The summed E-state index contributed by atoms with van der Waals surface area (Å²) in [6, 6.07) is 1.99. The lowest BCUT2D eigenvalue weighted by atomic mass is 10.2. The summed E-state index contributed by atoms with van der Waals surface area (Å²) in [4.78, 5) is 8.81. The molecule has 3 nitrogen and oxygen atoms in total. The summed E-state index contributed by atoms with van der Waals surface area (Å²) < 4.78 is 0. The predicted octanol–water partition coefficient (Wildman–Crippen LogP) is 1.54. The van der Waals surface area contributed by atoms with Crippen LogP contribution in [0.2, 0.25) is 0 Å². The van der Waals surface area contributed by atoms with E-state index >= 15 is 0 Å². The Labute approximate surface area is 85.0 Å². The highest BCUT2D eigenvalue weighted by atomic mass is 14.9. The van der Waals surface area contributed by atoms with Crippen LogP contribution in [-0.2, 0) is 13.0 Å². The molecule has 1 aliphatic rings. The molecule has 0 aromatic carbocycles. The van der Waals surface area contributed by atoms with Crippen LogP contribution in [0.4, 0.5) is 0 Å². The summed E-state index contributed by atoms with van der Waals surface area (Å²) >= 11 is 0. The number of nitrogens with one attached hydrogen (secondary N) is 1. The van der Waals surface area contributed by atoms with Gasteiger partial charge in [-0.2, -0.15) is 0 Å². The number of hydrogen-bond donors (Lipinski definition) is 1. The molecule has 0 spiro atoms. The van der Waals surface area contributed by atoms with Gasteiger partial charge >= 0.3 is 0 Å². The van der Waals surface area contributed by atoms with Gasteiger partial charge in [-0.05, 0) is 31.4 Å². The second-order valence-corrected chi connectivity index (χ2v) is 3.89. The Morgan fingerprint density at radius 2 is 2.36 bits per heavy atom. The van der Waals surface area contributed by atoms with E-state index in [4.69, 9.17) is 0 Å². The smallest absolute Gasteiger partial charge is 0.128 e. The van der Waals surface area contributed by atoms with E-state index in [2.05, 4.69) is 22.2 Å². The van der Waals surface area contributed by atoms with Crippen molar-refractivity contribution in [3.05, 3.63) is 23.8 Å². The van der Waals surface area contributed by atoms with E-state index in [-0.39, 0.29) is 0 Å². The third kappa shape index (κ3) is 2.77. The lowest BCUT2D eigenvalue weighted by Crippen LogP contribution is -2.13. The van der Waals surface area contributed by atoms with Gasteiger partial charge in [0.1, 0.15) is 5.82 Å². The molecule has 0 unspecified atom stereocenters. The van der Waals surface area contributed by atoms with E-state index in [1.165, 1.54) is 12.8 Å². The first-order chi connectivity index (χ1) is 6.88. The van der Waals surface area contributed by atoms with Gasteiger partial charge in [0.15, 0.2) is 0 Å². The molecule has 1 heterocycles. The molecule has 3 heteroatoms. The minimum Gasteiger partial charge on any atom is -0.311 e. The van der Waals surface area contributed by atoms with Crippen LogP contribution in [0.15, 0.2) is 12.3 Å². The molecule has 0 bridgehead atoms. The average molecular weight is 191 g/mol. The zero-order valence-electron chi connectivity index (χ0n) is 8.66. The molecule has 1 N–H and O–H groups in total. The lowest BCUT2D eigenvalue weighted by molar-refractivity contribution is 0.690. The van der Waals surface area contributed by atoms with Gasteiger partial charge in [0.05, 0.1) is 5.69 Å². The Morgan fingerprint density at radius 3 is 3.07 bits per heavy atom. The van der Waals surface area contributed by atoms with Crippen LogP contribution in [0, 0.1) is 5.92 Å². The second kappa shape index (κ2) is 4.51. The fourth-order valence-electron chi connectivity index (χ4n) is 1.47. The number of aromatic nitrogens is 2.